The van der Waals surface area contributed by atoms with Crippen molar-refractivity contribution in [3.8, 4) is 0 Å². The van der Waals surface area contributed by atoms with E-state index in [-0.39, 0.29) is 11.8 Å². The normalized spacial score (nSPS) is 13.6. The molecule has 0 spiro atoms. The van der Waals surface area contributed by atoms with Crippen molar-refractivity contribution in [3.63, 3.8) is 0 Å². The number of benzene rings is 2. The molecule has 2 aromatic heterocycles. The Morgan fingerprint density at radius 1 is 0.800 bits per heavy atom. The van der Waals surface area contributed by atoms with Gasteiger partial charge in [-0.2, -0.15) is 0 Å². The molecule has 0 amide bonds. The third-order valence-corrected chi connectivity index (χ3v) is 4.86. The smallest absolute Gasteiger partial charge is 0.128 e. The third kappa shape index (κ3) is 2.89. The van der Waals surface area contributed by atoms with E-state index in [4.69, 9.17) is 0 Å². The topological polar surface area (TPSA) is 42.9 Å². The lowest BCUT2D eigenvalue weighted by molar-refractivity contribution is -0.109. The Labute approximate surface area is 146 Å². The Hall–Kier alpha value is -3.07. The fourth-order valence-electron chi connectivity index (χ4n) is 3.35. The average molecular weight is 326 g/mol. The molecule has 0 aliphatic carbocycles. The van der Waals surface area contributed by atoms with Gasteiger partial charge >= 0.3 is 0 Å². The Morgan fingerprint density at radius 3 is 1.96 bits per heavy atom. The van der Waals surface area contributed by atoms with Gasteiger partial charge in [-0.15, -0.1) is 0 Å². The van der Waals surface area contributed by atoms with Gasteiger partial charge in [0.15, 0.2) is 0 Å². The Morgan fingerprint density at radius 2 is 1.36 bits per heavy atom. The first kappa shape index (κ1) is 15.5. The quantitative estimate of drug-likeness (QED) is 0.503. The molecule has 0 saturated heterocycles. The molecule has 0 aliphatic rings. The van der Waals surface area contributed by atoms with Crippen LogP contribution in [0.2, 0.25) is 0 Å². The fourth-order valence-corrected chi connectivity index (χ4v) is 3.35. The molecular formula is C22H18N2O. The van der Waals surface area contributed by atoms with Gasteiger partial charge in [-0.25, -0.2) is 0 Å². The highest BCUT2D eigenvalue weighted by atomic mass is 16.1. The predicted octanol–water partition coefficient (Wildman–Crippen LogP) is 4.87. The summed E-state index contributed by atoms with van der Waals surface area (Å²) in [7, 11) is 0. The number of pyridine rings is 2. The Kier molecular flexibility index (Phi) is 3.98. The highest BCUT2D eigenvalue weighted by Gasteiger charge is 2.21. The average Bonchev–Trinajstić information content (AvgIpc) is 2.68. The summed E-state index contributed by atoms with van der Waals surface area (Å²) >= 11 is 0. The molecule has 0 aliphatic heterocycles. The first-order valence-corrected chi connectivity index (χ1v) is 8.41. The van der Waals surface area contributed by atoms with Crippen LogP contribution in [0.5, 0.6) is 0 Å². The molecule has 0 saturated carbocycles. The van der Waals surface area contributed by atoms with Gasteiger partial charge in [0, 0.05) is 29.1 Å². The van der Waals surface area contributed by atoms with Crippen LogP contribution in [0, 0.1) is 0 Å². The van der Waals surface area contributed by atoms with E-state index in [1.165, 1.54) is 0 Å². The predicted molar refractivity (Wildman–Crippen MR) is 101 cm³/mol. The van der Waals surface area contributed by atoms with Gasteiger partial charge in [0.1, 0.15) is 6.29 Å². The molecule has 122 valence electrons. The van der Waals surface area contributed by atoms with Crippen molar-refractivity contribution in [2.45, 2.75) is 18.8 Å². The zero-order valence-corrected chi connectivity index (χ0v) is 14.0. The summed E-state index contributed by atoms with van der Waals surface area (Å²) < 4.78 is 0. The number of aldehydes is 1. The number of carbonyl (C=O) groups is 1. The van der Waals surface area contributed by atoms with Crippen LogP contribution >= 0.6 is 0 Å². The van der Waals surface area contributed by atoms with Crippen LogP contribution in [0.4, 0.5) is 0 Å². The molecule has 3 heteroatoms. The lowest BCUT2D eigenvalue weighted by Gasteiger charge is -2.20. The molecule has 0 N–H and O–H groups in total. The Bertz CT molecular complexity index is 1060. The number of aromatic nitrogens is 2. The number of hydrogen-bond donors (Lipinski definition) is 0. The molecule has 0 fully saturated rings. The van der Waals surface area contributed by atoms with Gasteiger partial charge in [0.2, 0.25) is 0 Å². The summed E-state index contributed by atoms with van der Waals surface area (Å²) in [5, 5.41) is 2.19. The van der Waals surface area contributed by atoms with Gasteiger partial charge in [-0.05, 0) is 41.3 Å². The number of fused-ring (bicyclic) bond motifs is 2. The first-order valence-electron chi connectivity index (χ1n) is 8.41. The zero-order chi connectivity index (χ0) is 17.2. The summed E-state index contributed by atoms with van der Waals surface area (Å²) in [6.07, 6.45) is 4.61. The molecule has 25 heavy (non-hydrogen) atoms. The monoisotopic (exact) mass is 326 g/mol. The van der Waals surface area contributed by atoms with Gasteiger partial charge in [0.25, 0.3) is 0 Å². The van der Waals surface area contributed by atoms with E-state index in [2.05, 4.69) is 35.1 Å². The summed E-state index contributed by atoms with van der Waals surface area (Å²) in [5.41, 5.74) is 3.98. The molecule has 3 nitrogen and oxygen atoms in total. The second kappa shape index (κ2) is 6.44. The first-order chi connectivity index (χ1) is 12.3. The van der Waals surface area contributed by atoms with E-state index in [0.29, 0.717) is 0 Å². The molecule has 0 radical (unpaired) electrons. The van der Waals surface area contributed by atoms with Crippen molar-refractivity contribution in [1.82, 2.24) is 9.97 Å². The second-order valence-corrected chi connectivity index (χ2v) is 6.36. The van der Waals surface area contributed by atoms with E-state index >= 15 is 0 Å². The Balaban J connectivity index is 1.73. The van der Waals surface area contributed by atoms with Crippen LogP contribution in [0.25, 0.3) is 21.8 Å². The maximum atomic E-state index is 11.9. The lowest BCUT2D eigenvalue weighted by Crippen LogP contribution is -2.10. The van der Waals surface area contributed by atoms with Gasteiger partial charge in [-0.3, -0.25) is 9.97 Å². The van der Waals surface area contributed by atoms with Gasteiger partial charge in [-0.1, -0.05) is 43.3 Å². The summed E-state index contributed by atoms with van der Waals surface area (Å²) in [6, 6.07) is 20.2. The van der Waals surface area contributed by atoms with Crippen molar-refractivity contribution in [2.24, 2.45) is 0 Å². The maximum Gasteiger partial charge on any atom is 0.128 e. The summed E-state index contributed by atoms with van der Waals surface area (Å²) in [4.78, 5) is 20.7. The minimum Gasteiger partial charge on any atom is -0.303 e. The molecule has 0 bridgehead atoms. The summed E-state index contributed by atoms with van der Waals surface area (Å²) in [6.45, 7) is 2.09. The number of hydrogen-bond acceptors (Lipinski definition) is 3. The molecule has 2 unspecified atom stereocenters. The minimum atomic E-state index is -0.215. The number of nitrogens with zero attached hydrogens (tertiary/aromatic N) is 2. The van der Waals surface area contributed by atoms with Crippen LogP contribution in [-0.2, 0) is 4.79 Å². The highest BCUT2D eigenvalue weighted by Crippen LogP contribution is 2.33. The van der Waals surface area contributed by atoms with E-state index in [0.717, 1.165) is 39.2 Å². The largest absolute Gasteiger partial charge is 0.303 e. The van der Waals surface area contributed by atoms with Crippen LogP contribution < -0.4 is 0 Å². The van der Waals surface area contributed by atoms with Crippen LogP contribution in [0.3, 0.4) is 0 Å². The van der Waals surface area contributed by atoms with E-state index in [1.54, 1.807) is 12.4 Å². The van der Waals surface area contributed by atoms with Crippen LogP contribution in [0.1, 0.15) is 29.9 Å². The van der Waals surface area contributed by atoms with Crippen molar-refractivity contribution in [1.29, 1.82) is 0 Å². The molecule has 4 aromatic rings. The molecule has 4 rings (SSSR count). The van der Waals surface area contributed by atoms with E-state index < -0.39 is 0 Å². The summed E-state index contributed by atoms with van der Waals surface area (Å²) in [5.74, 6) is -0.155. The second-order valence-electron chi connectivity index (χ2n) is 6.36. The maximum absolute atomic E-state index is 11.9. The minimum absolute atomic E-state index is 0.0602. The fraction of sp³-hybridized carbons (Fsp3) is 0.136. The van der Waals surface area contributed by atoms with E-state index in [1.807, 2.05) is 42.5 Å². The van der Waals surface area contributed by atoms with Gasteiger partial charge < -0.3 is 4.79 Å². The zero-order valence-electron chi connectivity index (χ0n) is 14.0. The molecule has 2 heterocycles. The molecule has 2 atom stereocenters. The van der Waals surface area contributed by atoms with Crippen molar-refractivity contribution >= 4 is 28.1 Å². The van der Waals surface area contributed by atoms with E-state index in [9.17, 15) is 4.79 Å². The number of carbonyl (C=O) groups excluding carboxylic acids is 1. The van der Waals surface area contributed by atoms with Crippen molar-refractivity contribution < 1.29 is 4.79 Å². The SMILES string of the molecule is CC(c1ccc2cccnc2c1)C(C=O)c1ccc2cccnc2c1. The molecular weight excluding hydrogens is 308 g/mol. The standard InChI is InChI=1S/C22H18N2O/c1-15(18-8-6-16-4-2-10-23-21(16)12-18)20(14-25)19-9-7-17-5-3-11-24-22(17)13-19/h2-15,20H,1H3. The highest BCUT2D eigenvalue weighted by molar-refractivity contribution is 5.81. The van der Waals surface area contributed by atoms with Crippen LogP contribution in [0.15, 0.2) is 73.1 Å². The third-order valence-electron chi connectivity index (χ3n) is 4.86. The number of rotatable bonds is 4. The molecule has 2 aromatic carbocycles. The van der Waals surface area contributed by atoms with Crippen molar-refractivity contribution in [2.75, 3.05) is 0 Å². The lowest BCUT2D eigenvalue weighted by atomic mass is 9.83. The van der Waals surface area contributed by atoms with Gasteiger partial charge in [0.05, 0.1) is 11.0 Å². The van der Waals surface area contributed by atoms with Crippen LogP contribution in [-0.4, -0.2) is 16.3 Å². The van der Waals surface area contributed by atoms with Crippen molar-refractivity contribution in [3.05, 3.63) is 84.2 Å².